The minimum Gasteiger partial charge on any atom is -0.393 e. The lowest BCUT2D eigenvalue weighted by atomic mass is 10.0. The number of nitro groups is 1. The largest absolute Gasteiger partial charge is 0.393 e. The van der Waals surface area contributed by atoms with E-state index in [4.69, 9.17) is 0 Å². The van der Waals surface area contributed by atoms with Crippen LogP contribution >= 0.6 is 0 Å². The molecule has 112 valence electrons. The predicted octanol–water partition coefficient (Wildman–Crippen LogP) is 0.774. The first-order valence-corrected chi connectivity index (χ1v) is 6.40. The van der Waals surface area contributed by atoms with E-state index in [1.54, 1.807) is 0 Å². The van der Waals surface area contributed by atoms with E-state index in [2.05, 4.69) is 10.4 Å². The van der Waals surface area contributed by atoms with Crippen LogP contribution < -0.4 is 5.32 Å². The summed E-state index contributed by atoms with van der Waals surface area (Å²) in [5, 5.41) is 27.1. The summed E-state index contributed by atoms with van der Waals surface area (Å²) in [6.45, 7) is 5.49. The minimum atomic E-state index is -0.611. The number of aryl methyl sites for hydroxylation is 2. The Morgan fingerprint density at radius 1 is 1.55 bits per heavy atom. The number of aromatic nitrogens is 2. The molecule has 1 aromatic rings. The van der Waals surface area contributed by atoms with Crippen molar-refractivity contribution in [2.75, 3.05) is 6.54 Å². The lowest BCUT2D eigenvalue weighted by Crippen LogP contribution is -2.30. The van der Waals surface area contributed by atoms with Crippen LogP contribution in [0.25, 0.3) is 0 Å². The molecule has 0 radical (unpaired) electrons. The molecule has 0 aromatic carbocycles. The van der Waals surface area contributed by atoms with Crippen molar-refractivity contribution < 1.29 is 14.8 Å². The quantitative estimate of drug-likeness (QED) is 0.592. The Balaban J connectivity index is 2.76. The minimum absolute atomic E-state index is 0.0773. The van der Waals surface area contributed by atoms with Crippen molar-refractivity contribution in [3.05, 3.63) is 21.5 Å². The first kappa shape index (κ1) is 16.1. The van der Waals surface area contributed by atoms with Crippen LogP contribution in [0, 0.1) is 23.0 Å². The van der Waals surface area contributed by atoms with Gasteiger partial charge in [0, 0.05) is 13.6 Å². The van der Waals surface area contributed by atoms with E-state index in [9.17, 15) is 20.0 Å². The van der Waals surface area contributed by atoms with Crippen molar-refractivity contribution in [1.29, 1.82) is 0 Å². The molecule has 1 amide bonds. The summed E-state index contributed by atoms with van der Waals surface area (Å²) in [4.78, 5) is 22.4. The molecular weight excluding hydrogens is 264 g/mol. The average molecular weight is 284 g/mol. The number of aliphatic hydroxyl groups is 1. The highest BCUT2D eigenvalue weighted by atomic mass is 16.6. The highest BCUT2D eigenvalue weighted by Crippen LogP contribution is 2.21. The van der Waals surface area contributed by atoms with Gasteiger partial charge in [-0.15, -0.1) is 0 Å². The Bertz CT molecular complexity index is 510. The Labute approximate surface area is 116 Å². The van der Waals surface area contributed by atoms with E-state index in [1.165, 1.54) is 18.7 Å². The number of carbonyl (C=O) groups excluding carboxylic acids is 1. The highest BCUT2D eigenvalue weighted by Gasteiger charge is 2.29. The van der Waals surface area contributed by atoms with Gasteiger partial charge in [0.15, 0.2) is 0 Å². The average Bonchev–Trinajstić information content (AvgIpc) is 2.63. The second-order valence-corrected chi connectivity index (χ2v) is 5.02. The van der Waals surface area contributed by atoms with E-state index >= 15 is 0 Å². The monoisotopic (exact) mass is 284 g/mol. The molecule has 1 atom stereocenters. The van der Waals surface area contributed by atoms with Gasteiger partial charge in [-0.05, 0) is 19.3 Å². The molecule has 0 aliphatic rings. The molecule has 20 heavy (non-hydrogen) atoms. The van der Waals surface area contributed by atoms with Crippen LogP contribution in [0.2, 0.25) is 0 Å². The molecule has 1 unspecified atom stereocenters. The van der Waals surface area contributed by atoms with Gasteiger partial charge in [0.25, 0.3) is 5.91 Å². The zero-order chi connectivity index (χ0) is 15.4. The van der Waals surface area contributed by atoms with Gasteiger partial charge in [0.05, 0.1) is 11.0 Å². The Hall–Kier alpha value is -1.96. The zero-order valence-electron chi connectivity index (χ0n) is 12.1. The van der Waals surface area contributed by atoms with E-state index in [0.717, 1.165) is 0 Å². The summed E-state index contributed by atoms with van der Waals surface area (Å²) < 4.78 is 1.20. The maximum Gasteiger partial charge on any atom is 0.322 e. The Morgan fingerprint density at radius 2 is 2.15 bits per heavy atom. The van der Waals surface area contributed by atoms with Gasteiger partial charge in [-0.3, -0.25) is 19.6 Å². The van der Waals surface area contributed by atoms with Gasteiger partial charge in [0.2, 0.25) is 5.69 Å². The molecule has 1 rings (SSSR count). The number of rotatable bonds is 6. The smallest absolute Gasteiger partial charge is 0.322 e. The van der Waals surface area contributed by atoms with Gasteiger partial charge in [0.1, 0.15) is 5.69 Å². The van der Waals surface area contributed by atoms with Crippen LogP contribution in [-0.2, 0) is 7.05 Å². The standard InChI is InChI=1S/C12H20N4O4/c1-7(2)9(17)5-6-13-12(18)11-10(16(19)20)8(3)14-15(11)4/h7,9,17H,5-6H2,1-4H3,(H,13,18). The summed E-state index contributed by atoms with van der Waals surface area (Å²) >= 11 is 0. The number of hydrogen-bond donors (Lipinski definition) is 2. The summed E-state index contributed by atoms with van der Waals surface area (Å²) in [5.74, 6) is -0.462. The van der Waals surface area contributed by atoms with E-state index in [0.29, 0.717) is 6.42 Å². The molecule has 1 heterocycles. The van der Waals surface area contributed by atoms with Crippen molar-refractivity contribution in [1.82, 2.24) is 15.1 Å². The molecule has 0 fully saturated rings. The van der Waals surface area contributed by atoms with E-state index in [1.807, 2.05) is 13.8 Å². The van der Waals surface area contributed by atoms with Crippen LogP contribution in [0.4, 0.5) is 5.69 Å². The van der Waals surface area contributed by atoms with E-state index in [-0.39, 0.29) is 29.5 Å². The van der Waals surface area contributed by atoms with Gasteiger partial charge in [-0.1, -0.05) is 13.8 Å². The molecule has 0 aliphatic carbocycles. The van der Waals surface area contributed by atoms with Crippen LogP contribution in [0.1, 0.15) is 36.5 Å². The number of nitrogens with zero attached hydrogens (tertiary/aromatic N) is 3. The molecule has 1 aromatic heterocycles. The Morgan fingerprint density at radius 3 is 2.65 bits per heavy atom. The maximum absolute atomic E-state index is 12.0. The summed E-state index contributed by atoms with van der Waals surface area (Å²) in [7, 11) is 1.48. The second kappa shape index (κ2) is 6.47. The fourth-order valence-corrected chi connectivity index (χ4v) is 1.87. The molecule has 0 spiro atoms. The summed E-state index contributed by atoms with van der Waals surface area (Å²) in [6.07, 6.45) is -0.118. The van der Waals surface area contributed by atoms with Gasteiger partial charge in [-0.2, -0.15) is 5.10 Å². The van der Waals surface area contributed by atoms with Crippen LogP contribution in [0.15, 0.2) is 0 Å². The first-order chi connectivity index (χ1) is 9.25. The van der Waals surface area contributed by atoms with Crippen LogP contribution in [0.5, 0.6) is 0 Å². The van der Waals surface area contributed by atoms with Crippen molar-refractivity contribution in [3.8, 4) is 0 Å². The van der Waals surface area contributed by atoms with Gasteiger partial charge < -0.3 is 10.4 Å². The number of aliphatic hydroxyl groups excluding tert-OH is 1. The molecule has 0 saturated carbocycles. The molecule has 0 aliphatic heterocycles. The topological polar surface area (TPSA) is 110 Å². The van der Waals surface area contributed by atoms with Crippen molar-refractivity contribution >= 4 is 11.6 Å². The van der Waals surface area contributed by atoms with Crippen molar-refractivity contribution in [2.24, 2.45) is 13.0 Å². The molecule has 8 heteroatoms. The molecular formula is C12H20N4O4. The number of hydrogen-bond acceptors (Lipinski definition) is 5. The molecule has 8 nitrogen and oxygen atoms in total. The van der Waals surface area contributed by atoms with Gasteiger partial charge >= 0.3 is 5.69 Å². The lowest BCUT2D eigenvalue weighted by Gasteiger charge is -2.14. The molecule has 0 saturated heterocycles. The third-order valence-corrected chi connectivity index (χ3v) is 3.08. The van der Waals surface area contributed by atoms with Crippen molar-refractivity contribution in [2.45, 2.75) is 33.3 Å². The number of nitrogens with one attached hydrogen (secondary N) is 1. The maximum atomic E-state index is 12.0. The lowest BCUT2D eigenvalue weighted by molar-refractivity contribution is -0.385. The fourth-order valence-electron chi connectivity index (χ4n) is 1.87. The highest BCUT2D eigenvalue weighted by molar-refractivity contribution is 5.96. The zero-order valence-corrected chi connectivity index (χ0v) is 12.1. The van der Waals surface area contributed by atoms with E-state index < -0.39 is 16.9 Å². The SMILES string of the molecule is Cc1nn(C)c(C(=O)NCCC(O)C(C)C)c1[N+](=O)[O-]. The molecule has 2 N–H and O–H groups in total. The Kier molecular flexibility index (Phi) is 5.20. The third kappa shape index (κ3) is 3.53. The van der Waals surface area contributed by atoms with Gasteiger partial charge in [-0.25, -0.2) is 0 Å². The normalized spacial score (nSPS) is 12.5. The fraction of sp³-hybridized carbons (Fsp3) is 0.667. The number of carbonyl (C=O) groups is 1. The summed E-state index contributed by atoms with van der Waals surface area (Å²) in [6, 6.07) is 0. The molecule has 0 bridgehead atoms. The number of amides is 1. The van der Waals surface area contributed by atoms with Crippen molar-refractivity contribution in [3.63, 3.8) is 0 Å². The predicted molar refractivity (Wildman–Crippen MR) is 72.4 cm³/mol. The second-order valence-electron chi connectivity index (χ2n) is 5.02. The van der Waals surface area contributed by atoms with Crippen LogP contribution in [0.3, 0.4) is 0 Å². The first-order valence-electron chi connectivity index (χ1n) is 6.40. The third-order valence-electron chi connectivity index (χ3n) is 3.08. The van der Waals surface area contributed by atoms with Crippen LogP contribution in [-0.4, -0.2) is 38.4 Å². The summed E-state index contributed by atoms with van der Waals surface area (Å²) in [5.41, 5.74) is -0.161.